The maximum atomic E-state index is 11.6. The lowest BCUT2D eigenvalue weighted by Crippen LogP contribution is -2.37. The van der Waals surface area contributed by atoms with Gasteiger partial charge in [-0.2, -0.15) is 0 Å². The highest BCUT2D eigenvalue weighted by atomic mass is 35.5. The van der Waals surface area contributed by atoms with E-state index in [0.29, 0.717) is 5.75 Å². The van der Waals surface area contributed by atoms with Crippen molar-refractivity contribution in [2.75, 3.05) is 6.61 Å². The Balaban J connectivity index is 0.00000162. The van der Waals surface area contributed by atoms with Gasteiger partial charge < -0.3 is 15.8 Å². The molecule has 2 atom stereocenters. The zero-order valence-corrected chi connectivity index (χ0v) is 12.1. The van der Waals surface area contributed by atoms with E-state index in [1.807, 2.05) is 0 Å². The summed E-state index contributed by atoms with van der Waals surface area (Å²) in [5.74, 6) is 0.499. The Labute approximate surface area is 125 Å². The number of rotatable bonds is 4. The number of hydrogen-bond acceptors (Lipinski definition) is 4. The zero-order valence-electron chi connectivity index (χ0n) is 10.5. The number of hydrogen-bond donors (Lipinski definition) is 2. The fourth-order valence-corrected chi connectivity index (χ4v) is 2.00. The van der Waals surface area contributed by atoms with Gasteiger partial charge in [0.15, 0.2) is 6.61 Å². The van der Waals surface area contributed by atoms with Crippen molar-refractivity contribution in [3.05, 3.63) is 24.5 Å². The van der Waals surface area contributed by atoms with Gasteiger partial charge >= 0.3 is 0 Å². The molecule has 1 saturated carbocycles. The van der Waals surface area contributed by atoms with Gasteiger partial charge in [-0.1, -0.05) is 0 Å². The third-order valence-corrected chi connectivity index (χ3v) is 2.84. The molecular formula is C12H19Cl2N3O2. The Bertz CT molecular complexity index is 378. The quantitative estimate of drug-likeness (QED) is 0.879. The summed E-state index contributed by atoms with van der Waals surface area (Å²) in [7, 11) is 0. The fourth-order valence-electron chi connectivity index (χ4n) is 2.00. The molecule has 1 aromatic heterocycles. The first-order valence-corrected chi connectivity index (χ1v) is 5.82. The van der Waals surface area contributed by atoms with Crippen molar-refractivity contribution >= 4 is 30.7 Å². The van der Waals surface area contributed by atoms with Crippen LogP contribution in [0.2, 0.25) is 0 Å². The molecule has 1 heterocycles. The van der Waals surface area contributed by atoms with Crippen molar-refractivity contribution in [3.8, 4) is 5.75 Å². The molecule has 0 radical (unpaired) electrons. The van der Waals surface area contributed by atoms with Crippen molar-refractivity contribution < 1.29 is 9.53 Å². The third kappa shape index (κ3) is 6.09. The van der Waals surface area contributed by atoms with E-state index in [-0.39, 0.29) is 49.4 Å². The summed E-state index contributed by atoms with van der Waals surface area (Å²) in [5.41, 5.74) is 5.78. The maximum Gasteiger partial charge on any atom is 0.258 e. The molecule has 108 valence electrons. The minimum absolute atomic E-state index is 0. The van der Waals surface area contributed by atoms with E-state index in [1.165, 1.54) is 0 Å². The molecule has 1 aromatic rings. The fraction of sp³-hybridized carbons (Fsp3) is 0.500. The number of ether oxygens (including phenoxy) is 1. The average Bonchev–Trinajstić information content (AvgIpc) is 2.73. The van der Waals surface area contributed by atoms with Crippen LogP contribution in [0.15, 0.2) is 24.5 Å². The molecule has 5 nitrogen and oxygen atoms in total. The van der Waals surface area contributed by atoms with Gasteiger partial charge in [-0.3, -0.25) is 9.78 Å². The molecule has 0 aromatic carbocycles. The number of nitrogens with one attached hydrogen (secondary N) is 1. The van der Waals surface area contributed by atoms with Crippen LogP contribution in [0.3, 0.4) is 0 Å². The molecule has 2 rings (SSSR count). The lowest BCUT2D eigenvalue weighted by molar-refractivity contribution is -0.123. The molecule has 3 N–H and O–H groups in total. The Hall–Kier alpha value is -1.04. The van der Waals surface area contributed by atoms with Crippen LogP contribution in [-0.4, -0.2) is 29.6 Å². The number of nitrogens with two attached hydrogens (primary N) is 1. The summed E-state index contributed by atoms with van der Waals surface area (Å²) in [5, 5.41) is 2.92. The van der Waals surface area contributed by atoms with E-state index >= 15 is 0 Å². The summed E-state index contributed by atoms with van der Waals surface area (Å²) in [6.45, 7) is 0.0252. The summed E-state index contributed by atoms with van der Waals surface area (Å²) in [4.78, 5) is 15.5. The second-order valence-electron chi connectivity index (χ2n) is 4.31. The van der Waals surface area contributed by atoms with Gasteiger partial charge in [0.25, 0.3) is 5.91 Å². The molecule has 0 saturated heterocycles. The Morgan fingerprint density at radius 2 is 2.26 bits per heavy atom. The first kappa shape index (κ1) is 18.0. The normalized spacial score (nSPS) is 20.9. The molecule has 19 heavy (non-hydrogen) atoms. The maximum absolute atomic E-state index is 11.6. The number of nitrogens with zero attached hydrogens (tertiary/aromatic N) is 1. The first-order valence-electron chi connectivity index (χ1n) is 5.82. The van der Waals surface area contributed by atoms with Crippen LogP contribution in [0.5, 0.6) is 5.75 Å². The van der Waals surface area contributed by atoms with Crippen molar-refractivity contribution in [2.45, 2.75) is 31.3 Å². The molecule has 0 unspecified atom stereocenters. The largest absolute Gasteiger partial charge is 0.482 e. The number of carbonyl (C=O) groups excluding carboxylic acids is 1. The first-order chi connectivity index (χ1) is 8.24. The molecule has 0 bridgehead atoms. The topological polar surface area (TPSA) is 77.2 Å². The Morgan fingerprint density at radius 3 is 2.84 bits per heavy atom. The van der Waals surface area contributed by atoms with Gasteiger partial charge in [0.2, 0.25) is 0 Å². The predicted molar refractivity (Wildman–Crippen MR) is 78.0 cm³/mol. The van der Waals surface area contributed by atoms with Gasteiger partial charge in [0.05, 0.1) is 6.20 Å². The van der Waals surface area contributed by atoms with Gasteiger partial charge in [-0.25, -0.2) is 0 Å². The van der Waals surface area contributed by atoms with Gasteiger partial charge in [0, 0.05) is 18.3 Å². The monoisotopic (exact) mass is 307 g/mol. The van der Waals surface area contributed by atoms with Crippen molar-refractivity contribution in [1.29, 1.82) is 0 Å². The molecule has 1 aliphatic rings. The van der Waals surface area contributed by atoms with E-state index in [9.17, 15) is 4.79 Å². The highest BCUT2D eigenvalue weighted by Crippen LogP contribution is 2.16. The number of amides is 1. The van der Waals surface area contributed by atoms with E-state index in [2.05, 4.69) is 10.3 Å². The molecular weight excluding hydrogens is 289 g/mol. The number of carbonyl (C=O) groups is 1. The molecule has 0 spiro atoms. The zero-order chi connectivity index (χ0) is 12.1. The SMILES string of the molecule is Cl.Cl.N[C@@H]1CC[C@@H](NC(=O)COc2cccnc2)C1. The smallest absolute Gasteiger partial charge is 0.258 e. The van der Waals surface area contributed by atoms with Gasteiger partial charge in [-0.15, -0.1) is 24.8 Å². The summed E-state index contributed by atoms with van der Waals surface area (Å²) in [6.07, 6.45) is 6.04. The molecule has 0 aliphatic heterocycles. The Kier molecular flexibility index (Phi) is 8.47. The van der Waals surface area contributed by atoms with Crippen LogP contribution >= 0.6 is 24.8 Å². The van der Waals surface area contributed by atoms with E-state index < -0.39 is 0 Å². The minimum atomic E-state index is -0.104. The highest BCUT2D eigenvalue weighted by Gasteiger charge is 2.22. The van der Waals surface area contributed by atoms with E-state index in [1.54, 1.807) is 24.5 Å². The van der Waals surface area contributed by atoms with E-state index in [0.717, 1.165) is 19.3 Å². The second kappa shape index (κ2) is 8.96. The van der Waals surface area contributed by atoms with Crippen LogP contribution in [0.1, 0.15) is 19.3 Å². The van der Waals surface area contributed by atoms with E-state index in [4.69, 9.17) is 10.5 Å². The number of aromatic nitrogens is 1. The number of pyridine rings is 1. The lowest BCUT2D eigenvalue weighted by atomic mass is 10.2. The van der Waals surface area contributed by atoms with Crippen LogP contribution in [0, 0.1) is 0 Å². The molecule has 1 fully saturated rings. The van der Waals surface area contributed by atoms with Crippen molar-refractivity contribution in [1.82, 2.24) is 10.3 Å². The molecule has 1 amide bonds. The highest BCUT2D eigenvalue weighted by molar-refractivity contribution is 5.85. The van der Waals surface area contributed by atoms with Crippen LogP contribution in [0.4, 0.5) is 0 Å². The van der Waals surface area contributed by atoms with Gasteiger partial charge in [0.1, 0.15) is 5.75 Å². The Morgan fingerprint density at radius 1 is 1.47 bits per heavy atom. The van der Waals surface area contributed by atoms with Crippen LogP contribution in [-0.2, 0) is 4.79 Å². The molecule has 7 heteroatoms. The summed E-state index contributed by atoms with van der Waals surface area (Å²) >= 11 is 0. The number of halogens is 2. The van der Waals surface area contributed by atoms with Gasteiger partial charge in [-0.05, 0) is 31.4 Å². The third-order valence-electron chi connectivity index (χ3n) is 2.84. The summed E-state index contributed by atoms with van der Waals surface area (Å²) in [6, 6.07) is 3.96. The predicted octanol–water partition coefficient (Wildman–Crippen LogP) is 1.30. The molecule has 1 aliphatic carbocycles. The second-order valence-corrected chi connectivity index (χ2v) is 4.31. The average molecular weight is 308 g/mol. The summed E-state index contributed by atoms with van der Waals surface area (Å²) < 4.78 is 5.30. The standard InChI is InChI=1S/C12H17N3O2.2ClH/c13-9-3-4-10(6-9)15-12(16)8-17-11-2-1-5-14-7-11;;/h1-2,5,7,9-10H,3-4,6,8,13H2,(H,15,16);2*1H/t9-,10-;;/m1../s1. The lowest BCUT2D eigenvalue weighted by Gasteiger charge is -2.12. The van der Waals surface area contributed by atoms with Crippen molar-refractivity contribution in [2.24, 2.45) is 5.73 Å². The minimum Gasteiger partial charge on any atom is -0.482 e. The van der Waals surface area contributed by atoms with Crippen LogP contribution in [0.25, 0.3) is 0 Å². The van der Waals surface area contributed by atoms with Crippen molar-refractivity contribution in [3.63, 3.8) is 0 Å². The van der Waals surface area contributed by atoms with Crippen LogP contribution < -0.4 is 15.8 Å².